The fraction of sp³-hybridized carbons (Fsp3) is 0.429. The fourth-order valence-electron chi connectivity index (χ4n) is 0.850. The topological polar surface area (TPSA) is 56.0 Å². The lowest BCUT2D eigenvalue weighted by Gasteiger charge is -2.00. The van der Waals surface area contributed by atoms with E-state index >= 15 is 0 Å². The number of primary amides is 1. The van der Waals surface area contributed by atoms with E-state index in [1.807, 2.05) is 13.8 Å². The van der Waals surface area contributed by atoms with Gasteiger partial charge in [0.1, 0.15) is 5.69 Å². The summed E-state index contributed by atoms with van der Waals surface area (Å²) in [6, 6.07) is 0. The molecular weight excluding hydrogens is 160 g/mol. The van der Waals surface area contributed by atoms with Crippen molar-refractivity contribution in [2.45, 2.75) is 19.8 Å². The van der Waals surface area contributed by atoms with E-state index in [1.165, 1.54) is 11.3 Å². The largest absolute Gasteiger partial charge is 0.364 e. The molecule has 0 fully saturated rings. The van der Waals surface area contributed by atoms with Gasteiger partial charge < -0.3 is 5.73 Å². The Morgan fingerprint density at radius 1 is 1.73 bits per heavy atom. The number of carbonyl (C=O) groups is 1. The first-order valence-corrected chi connectivity index (χ1v) is 4.24. The normalized spacial score (nSPS) is 10.5. The van der Waals surface area contributed by atoms with Crippen LogP contribution in [0.1, 0.15) is 35.1 Å². The average Bonchev–Trinajstić information content (AvgIpc) is 2.32. The highest BCUT2D eigenvalue weighted by Crippen LogP contribution is 2.22. The molecule has 0 aliphatic rings. The van der Waals surface area contributed by atoms with Gasteiger partial charge in [-0.1, -0.05) is 13.8 Å². The number of nitrogens with zero attached hydrogens (tertiary/aromatic N) is 1. The highest BCUT2D eigenvalue weighted by atomic mass is 32.1. The first-order valence-electron chi connectivity index (χ1n) is 3.36. The van der Waals surface area contributed by atoms with Crippen LogP contribution in [-0.4, -0.2) is 10.9 Å². The van der Waals surface area contributed by atoms with Gasteiger partial charge in [-0.05, 0) is 5.92 Å². The van der Waals surface area contributed by atoms with E-state index in [2.05, 4.69) is 4.98 Å². The molecule has 0 aliphatic carbocycles. The van der Waals surface area contributed by atoms with Crippen LogP contribution in [-0.2, 0) is 0 Å². The van der Waals surface area contributed by atoms with Crippen molar-refractivity contribution in [2.75, 3.05) is 0 Å². The molecule has 0 radical (unpaired) electrons. The molecule has 1 amide bonds. The lowest BCUT2D eigenvalue weighted by Crippen LogP contribution is -2.13. The molecule has 3 nitrogen and oxygen atoms in total. The van der Waals surface area contributed by atoms with E-state index in [0.29, 0.717) is 11.6 Å². The molecule has 60 valence electrons. The molecule has 0 bridgehead atoms. The Morgan fingerprint density at radius 2 is 2.36 bits per heavy atom. The summed E-state index contributed by atoms with van der Waals surface area (Å²) in [4.78, 5) is 15.6. The maximum absolute atomic E-state index is 10.8. The zero-order valence-corrected chi connectivity index (χ0v) is 7.31. The second kappa shape index (κ2) is 3.00. The third-order valence-corrected chi connectivity index (χ3v) is 2.48. The Labute approximate surface area is 69.3 Å². The number of amides is 1. The van der Waals surface area contributed by atoms with Crippen molar-refractivity contribution >= 4 is 17.2 Å². The van der Waals surface area contributed by atoms with Crippen LogP contribution in [0.15, 0.2) is 5.51 Å². The van der Waals surface area contributed by atoms with Crippen LogP contribution >= 0.6 is 11.3 Å². The number of nitrogens with two attached hydrogens (primary N) is 1. The monoisotopic (exact) mass is 170 g/mol. The van der Waals surface area contributed by atoms with Gasteiger partial charge in [0.2, 0.25) is 0 Å². The molecule has 11 heavy (non-hydrogen) atoms. The smallest absolute Gasteiger partial charge is 0.268 e. The van der Waals surface area contributed by atoms with Crippen molar-refractivity contribution in [3.63, 3.8) is 0 Å². The Bertz CT molecular complexity index is 267. The Balaban J connectivity index is 3.06. The first-order chi connectivity index (χ1) is 5.13. The summed E-state index contributed by atoms with van der Waals surface area (Å²) in [5.41, 5.74) is 7.17. The minimum atomic E-state index is -0.435. The molecule has 1 heterocycles. The molecule has 0 atom stereocenters. The standard InChI is InChI=1S/C7H10N2OS/c1-4(2)6-5(7(8)10)9-3-11-6/h3-4H,1-2H3,(H2,8,10). The van der Waals surface area contributed by atoms with E-state index in [1.54, 1.807) is 5.51 Å². The van der Waals surface area contributed by atoms with Gasteiger partial charge >= 0.3 is 0 Å². The summed E-state index contributed by atoms with van der Waals surface area (Å²) in [7, 11) is 0. The molecule has 1 aromatic heterocycles. The van der Waals surface area contributed by atoms with E-state index < -0.39 is 5.91 Å². The van der Waals surface area contributed by atoms with Gasteiger partial charge in [-0.25, -0.2) is 4.98 Å². The van der Waals surface area contributed by atoms with Crippen LogP contribution in [0.2, 0.25) is 0 Å². The number of thiazole rings is 1. The van der Waals surface area contributed by atoms with E-state index in [0.717, 1.165) is 4.88 Å². The molecule has 2 N–H and O–H groups in total. The highest BCUT2D eigenvalue weighted by Gasteiger charge is 2.13. The third-order valence-electron chi connectivity index (χ3n) is 1.35. The van der Waals surface area contributed by atoms with Crippen LogP contribution in [0.25, 0.3) is 0 Å². The molecule has 1 rings (SSSR count). The van der Waals surface area contributed by atoms with Crippen molar-refractivity contribution in [2.24, 2.45) is 5.73 Å². The third kappa shape index (κ3) is 1.57. The predicted octanol–water partition coefficient (Wildman–Crippen LogP) is 1.37. The summed E-state index contributed by atoms with van der Waals surface area (Å²) in [6.07, 6.45) is 0. The van der Waals surface area contributed by atoms with Crippen LogP contribution in [0.4, 0.5) is 0 Å². The summed E-state index contributed by atoms with van der Waals surface area (Å²) in [6.45, 7) is 4.03. The number of carbonyl (C=O) groups excluding carboxylic acids is 1. The Kier molecular flexibility index (Phi) is 2.24. The van der Waals surface area contributed by atoms with Gasteiger partial charge in [-0.3, -0.25) is 4.79 Å². The summed E-state index contributed by atoms with van der Waals surface area (Å²) in [5, 5.41) is 0. The van der Waals surface area contributed by atoms with E-state index in [-0.39, 0.29) is 0 Å². The molecular formula is C7H10N2OS. The lowest BCUT2D eigenvalue weighted by atomic mass is 10.1. The number of rotatable bonds is 2. The number of hydrogen-bond acceptors (Lipinski definition) is 3. The fourth-order valence-corrected chi connectivity index (χ4v) is 1.66. The second-order valence-corrected chi connectivity index (χ2v) is 3.47. The zero-order valence-electron chi connectivity index (χ0n) is 6.50. The summed E-state index contributed by atoms with van der Waals surface area (Å²) in [5.74, 6) is -0.111. The average molecular weight is 170 g/mol. The minimum Gasteiger partial charge on any atom is -0.364 e. The van der Waals surface area contributed by atoms with Crippen molar-refractivity contribution in [1.29, 1.82) is 0 Å². The first kappa shape index (κ1) is 8.20. The predicted molar refractivity (Wildman–Crippen MR) is 44.7 cm³/mol. The minimum absolute atomic E-state index is 0.324. The molecule has 0 saturated carbocycles. The van der Waals surface area contributed by atoms with Crippen molar-refractivity contribution in [3.05, 3.63) is 16.1 Å². The van der Waals surface area contributed by atoms with Gasteiger partial charge in [-0.2, -0.15) is 0 Å². The van der Waals surface area contributed by atoms with Crippen LogP contribution in [0.3, 0.4) is 0 Å². The molecule has 0 spiro atoms. The quantitative estimate of drug-likeness (QED) is 0.728. The number of hydrogen-bond donors (Lipinski definition) is 1. The lowest BCUT2D eigenvalue weighted by molar-refractivity contribution is 0.0995. The van der Waals surface area contributed by atoms with Crippen molar-refractivity contribution in [1.82, 2.24) is 4.98 Å². The van der Waals surface area contributed by atoms with E-state index in [4.69, 9.17) is 5.73 Å². The van der Waals surface area contributed by atoms with E-state index in [9.17, 15) is 4.79 Å². The maximum atomic E-state index is 10.8. The summed E-state index contributed by atoms with van der Waals surface area (Å²) >= 11 is 1.47. The Hall–Kier alpha value is -0.900. The maximum Gasteiger partial charge on any atom is 0.268 e. The molecule has 0 unspecified atom stereocenters. The van der Waals surface area contributed by atoms with Crippen LogP contribution in [0.5, 0.6) is 0 Å². The van der Waals surface area contributed by atoms with Crippen LogP contribution < -0.4 is 5.73 Å². The van der Waals surface area contributed by atoms with Crippen molar-refractivity contribution < 1.29 is 4.79 Å². The van der Waals surface area contributed by atoms with Gasteiger partial charge in [0.15, 0.2) is 0 Å². The molecule has 4 heteroatoms. The Morgan fingerprint density at radius 3 is 2.73 bits per heavy atom. The van der Waals surface area contributed by atoms with Gasteiger partial charge in [0.05, 0.1) is 5.51 Å². The van der Waals surface area contributed by atoms with Gasteiger partial charge in [0, 0.05) is 4.88 Å². The highest BCUT2D eigenvalue weighted by molar-refractivity contribution is 7.10. The zero-order chi connectivity index (χ0) is 8.43. The van der Waals surface area contributed by atoms with Gasteiger partial charge in [0.25, 0.3) is 5.91 Å². The molecule has 0 aromatic carbocycles. The second-order valence-electron chi connectivity index (χ2n) is 2.58. The summed E-state index contributed by atoms with van der Waals surface area (Å²) < 4.78 is 0. The molecule has 0 aliphatic heterocycles. The van der Waals surface area contributed by atoms with Crippen molar-refractivity contribution in [3.8, 4) is 0 Å². The molecule has 0 saturated heterocycles. The van der Waals surface area contributed by atoms with Crippen LogP contribution in [0, 0.1) is 0 Å². The SMILES string of the molecule is CC(C)c1scnc1C(N)=O. The van der Waals surface area contributed by atoms with Gasteiger partial charge in [-0.15, -0.1) is 11.3 Å². The molecule has 1 aromatic rings. The number of aromatic nitrogens is 1.